The molecule has 1 N–H and O–H groups in total. The molecule has 0 aromatic carbocycles. The third-order valence-electron chi connectivity index (χ3n) is 3.48. The standard InChI is InChI=1S/C17H32O/c1-2-3-4-5-6-7-8-9-10-11-12-13-14-15-16-17-18/h1,18H,3-17H2. The Morgan fingerprint density at radius 1 is 0.556 bits per heavy atom. The summed E-state index contributed by atoms with van der Waals surface area (Å²) in [7, 11) is 0. The van der Waals surface area contributed by atoms with Crippen LogP contribution in [0.5, 0.6) is 0 Å². The van der Waals surface area contributed by atoms with E-state index in [4.69, 9.17) is 11.5 Å². The van der Waals surface area contributed by atoms with Gasteiger partial charge in [-0.3, -0.25) is 0 Å². The van der Waals surface area contributed by atoms with Gasteiger partial charge in [-0.1, -0.05) is 70.6 Å². The van der Waals surface area contributed by atoms with E-state index in [0.717, 1.165) is 12.8 Å². The van der Waals surface area contributed by atoms with Gasteiger partial charge in [-0.15, -0.1) is 12.3 Å². The van der Waals surface area contributed by atoms with E-state index in [9.17, 15) is 0 Å². The highest BCUT2D eigenvalue weighted by Gasteiger charge is 1.93. The second kappa shape index (κ2) is 16.5. The molecule has 0 fully saturated rings. The van der Waals surface area contributed by atoms with Crippen molar-refractivity contribution >= 4 is 0 Å². The van der Waals surface area contributed by atoms with Gasteiger partial charge in [-0.05, 0) is 12.8 Å². The van der Waals surface area contributed by atoms with E-state index >= 15 is 0 Å². The maximum atomic E-state index is 8.65. The minimum Gasteiger partial charge on any atom is -0.396 e. The lowest BCUT2D eigenvalue weighted by Crippen LogP contribution is -1.85. The van der Waals surface area contributed by atoms with Crippen molar-refractivity contribution in [3.63, 3.8) is 0 Å². The minimum absolute atomic E-state index is 0.362. The molecule has 0 heterocycles. The molecule has 0 aromatic rings. The lowest BCUT2D eigenvalue weighted by atomic mass is 10.0. The smallest absolute Gasteiger partial charge is 0.0431 e. The summed E-state index contributed by atoms with van der Waals surface area (Å²) < 4.78 is 0. The zero-order valence-corrected chi connectivity index (χ0v) is 12.1. The Morgan fingerprint density at radius 3 is 1.22 bits per heavy atom. The van der Waals surface area contributed by atoms with Crippen molar-refractivity contribution in [3.8, 4) is 12.3 Å². The van der Waals surface area contributed by atoms with Crippen molar-refractivity contribution < 1.29 is 5.11 Å². The van der Waals surface area contributed by atoms with E-state index in [-0.39, 0.29) is 0 Å². The van der Waals surface area contributed by atoms with Crippen LogP contribution in [0.4, 0.5) is 0 Å². The fraction of sp³-hybridized carbons (Fsp3) is 0.882. The Labute approximate surface area is 114 Å². The van der Waals surface area contributed by atoms with E-state index in [1.165, 1.54) is 77.0 Å². The molecule has 0 aliphatic heterocycles. The number of hydrogen-bond donors (Lipinski definition) is 1. The largest absolute Gasteiger partial charge is 0.396 e. The summed E-state index contributed by atoms with van der Waals surface area (Å²) in [6.45, 7) is 0.362. The third kappa shape index (κ3) is 15.5. The van der Waals surface area contributed by atoms with Crippen LogP contribution in [0.1, 0.15) is 89.9 Å². The molecule has 0 saturated heterocycles. The van der Waals surface area contributed by atoms with Gasteiger partial charge in [0.05, 0.1) is 0 Å². The highest BCUT2D eigenvalue weighted by atomic mass is 16.2. The number of hydrogen-bond acceptors (Lipinski definition) is 1. The molecular formula is C17H32O. The number of unbranched alkanes of at least 4 members (excludes halogenated alkanes) is 13. The number of aliphatic hydroxyl groups excluding tert-OH is 1. The molecule has 0 aliphatic carbocycles. The Balaban J connectivity index is 2.89. The predicted octanol–water partition coefficient (Wildman–Crippen LogP) is 5.07. The van der Waals surface area contributed by atoms with Crippen molar-refractivity contribution in [2.45, 2.75) is 89.9 Å². The zero-order valence-electron chi connectivity index (χ0n) is 12.1. The average molecular weight is 252 g/mol. The first-order valence-electron chi connectivity index (χ1n) is 7.96. The average Bonchev–Trinajstić information content (AvgIpc) is 2.39. The Kier molecular flexibility index (Phi) is 16.1. The van der Waals surface area contributed by atoms with Crippen LogP contribution in [-0.2, 0) is 0 Å². The van der Waals surface area contributed by atoms with E-state index < -0.39 is 0 Å². The van der Waals surface area contributed by atoms with E-state index in [0.29, 0.717) is 6.61 Å². The van der Waals surface area contributed by atoms with Gasteiger partial charge in [-0.2, -0.15) is 0 Å². The third-order valence-corrected chi connectivity index (χ3v) is 3.48. The summed E-state index contributed by atoms with van der Waals surface area (Å²) in [5.41, 5.74) is 0. The quantitative estimate of drug-likeness (QED) is 0.338. The Morgan fingerprint density at radius 2 is 0.889 bits per heavy atom. The highest BCUT2D eigenvalue weighted by Crippen LogP contribution is 2.12. The second-order valence-electron chi connectivity index (χ2n) is 5.27. The first kappa shape index (κ1) is 17.5. The molecule has 0 unspecified atom stereocenters. The summed E-state index contributed by atoms with van der Waals surface area (Å²) in [4.78, 5) is 0. The minimum atomic E-state index is 0.362. The van der Waals surface area contributed by atoms with Gasteiger partial charge in [0.1, 0.15) is 0 Å². The monoisotopic (exact) mass is 252 g/mol. The van der Waals surface area contributed by atoms with Crippen LogP contribution in [-0.4, -0.2) is 11.7 Å². The highest BCUT2D eigenvalue weighted by molar-refractivity contribution is 4.82. The number of aliphatic hydroxyl groups is 1. The first-order valence-corrected chi connectivity index (χ1v) is 7.96. The molecular weight excluding hydrogens is 220 g/mol. The zero-order chi connectivity index (χ0) is 13.3. The van der Waals surface area contributed by atoms with Crippen LogP contribution in [0.3, 0.4) is 0 Å². The number of rotatable bonds is 14. The van der Waals surface area contributed by atoms with Crippen molar-refractivity contribution in [3.05, 3.63) is 0 Å². The molecule has 1 heteroatoms. The normalized spacial score (nSPS) is 10.4. The summed E-state index contributed by atoms with van der Waals surface area (Å²) in [6, 6.07) is 0. The van der Waals surface area contributed by atoms with E-state index in [1.807, 2.05) is 0 Å². The lowest BCUT2D eigenvalue weighted by molar-refractivity contribution is 0.282. The van der Waals surface area contributed by atoms with Gasteiger partial charge >= 0.3 is 0 Å². The topological polar surface area (TPSA) is 20.2 Å². The maximum absolute atomic E-state index is 8.65. The van der Waals surface area contributed by atoms with Crippen LogP contribution in [0.2, 0.25) is 0 Å². The molecule has 0 aliphatic rings. The van der Waals surface area contributed by atoms with Gasteiger partial charge in [0.15, 0.2) is 0 Å². The van der Waals surface area contributed by atoms with Crippen molar-refractivity contribution in [1.29, 1.82) is 0 Å². The van der Waals surface area contributed by atoms with Crippen LogP contribution < -0.4 is 0 Å². The van der Waals surface area contributed by atoms with Crippen LogP contribution >= 0.6 is 0 Å². The first-order chi connectivity index (χ1) is 8.91. The molecule has 0 aromatic heterocycles. The van der Waals surface area contributed by atoms with Gasteiger partial charge < -0.3 is 5.11 Å². The molecule has 106 valence electrons. The molecule has 18 heavy (non-hydrogen) atoms. The van der Waals surface area contributed by atoms with E-state index in [1.54, 1.807) is 0 Å². The van der Waals surface area contributed by atoms with Crippen molar-refractivity contribution in [2.75, 3.05) is 6.61 Å². The molecule has 0 saturated carbocycles. The van der Waals surface area contributed by atoms with Gasteiger partial charge in [-0.25, -0.2) is 0 Å². The van der Waals surface area contributed by atoms with Gasteiger partial charge in [0.25, 0.3) is 0 Å². The molecule has 0 spiro atoms. The van der Waals surface area contributed by atoms with E-state index in [2.05, 4.69) is 5.92 Å². The molecule has 0 bridgehead atoms. The molecule has 0 amide bonds. The predicted molar refractivity (Wildman–Crippen MR) is 80.6 cm³/mol. The molecule has 0 atom stereocenters. The fourth-order valence-electron chi connectivity index (χ4n) is 2.28. The summed E-state index contributed by atoms with van der Waals surface area (Å²) in [5, 5.41) is 8.65. The van der Waals surface area contributed by atoms with Crippen molar-refractivity contribution in [1.82, 2.24) is 0 Å². The van der Waals surface area contributed by atoms with Crippen LogP contribution in [0, 0.1) is 12.3 Å². The second-order valence-corrected chi connectivity index (χ2v) is 5.27. The van der Waals surface area contributed by atoms with Crippen LogP contribution in [0.15, 0.2) is 0 Å². The lowest BCUT2D eigenvalue weighted by Gasteiger charge is -2.02. The van der Waals surface area contributed by atoms with Crippen LogP contribution in [0.25, 0.3) is 0 Å². The SMILES string of the molecule is C#CCCCCCCCCCCCCCCCO. The van der Waals surface area contributed by atoms with Gasteiger partial charge in [0, 0.05) is 13.0 Å². The molecule has 1 nitrogen and oxygen atoms in total. The maximum Gasteiger partial charge on any atom is 0.0431 e. The Hall–Kier alpha value is -0.480. The Bertz CT molecular complexity index is 181. The molecule has 0 radical (unpaired) electrons. The van der Waals surface area contributed by atoms with Gasteiger partial charge in [0.2, 0.25) is 0 Å². The van der Waals surface area contributed by atoms with Crippen molar-refractivity contribution in [2.24, 2.45) is 0 Å². The molecule has 0 rings (SSSR count). The summed E-state index contributed by atoms with van der Waals surface area (Å²) in [5.74, 6) is 2.70. The number of terminal acetylenes is 1. The fourth-order valence-corrected chi connectivity index (χ4v) is 2.28. The summed E-state index contributed by atoms with van der Waals surface area (Å²) in [6.07, 6.45) is 23.3. The summed E-state index contributed by atoms with van der Waals surface area (Å²) >= 11 is 0.